The van der Waals surface area contributed by atoms with Gasteiger partial charge < -0.3 is 4.90 Å². The molecule has 1 aliphatic heterocycles. The van der Waals surface area contributed by atoms with Gasteiger partial charge >= 0.3 is 0 Å². The third-order valence-electron chi connectivity index (χ3n) is 3.85. The average molecular weight is 287 g/mol. The van der Waals surface area contributed by atoms with Crippen LogP contribution in [0.5, 0.6) is 0 Å². The molecular weight excluding hydrogens is 266 g/mol. The van der Waals surface area contributed by atoms with Gasteiger partial charge in [-0.15, -0.1) is 0 Å². The Hall–Kier alpha value is -1.29. The Morgan fingerprint density at radius 2 is 2.15 bits per heavy atom. The number of hydrogen-bond acceptors (Lipinski definition) is 4. The maximum Gasteiger partial charge on any atom is 0.139 e. The zero-order chi connectivity index (χ0) is 13.8. The van der Waals surface area contributed by atoms with Crippen LogP contribution in [0.2, 0.25) is 0 Å². The molecule has 0 N–H and O–H groups in total. The van der Waals surface area contributed by atoms with Crippen molar-refractivity contribution in [2.75, 3.05) is 23.7 Å². The van der Waals surface area contributed by atoms with Gasteiger partial charge in [-0.25, -0.2) is 9.97 Å². The molecule has 0 radical (unpaired) electrons. The summed E-state index contributed by atoms with van der Waals surface area (Å²) < 4.78 is 0. The van der Waals surface area contributed by atoms with E-state index in [1.54, 1.807) is 6.33 Å². The van der Waals surface area contributed by atoms with Gasteiger partial charge in [0.2, 0.25) is 0 Å². The van der Waals surface area contributed by atoms with Crippen molar-refractivity contribution in [1.29, 1.82) is 0 Å². The van der Waals surface area contributed by atoms with E-state index < -0.39 is 0 Å². The van der Waals surface area contributed by atoms with Gasteiger partial charge in [0, 0.05) is 23.7 Å². The maximum atomic E-state index is 4.57. The molecule has 20 heavy (non-hydrogen) atoms. The molecule has 0 amide bonds. The minimum absolute atomic E-state index is 0.733. The van der Waals surface area contributed by atoms with E-state index in [0.717, 1.165) is 29.7 Å². The summed E-state index contributed by atoms with van der Waals surface area (Å²) in [6.45, 7) is 4.47. The summed E-state index contributed by atoms with van der Waals surface area (Å²) in [5.74, 6) is 2.31. The van der Waals surface area contributed by atoms with E-state index in [2.05, 4.69) is 51.8 Å². The van der Waals surface area contributed by atoms with E-state index in [4.69, 9.17) is 0 Å². The van der Waals surface area contributed by atoms with Gasteiger partial charge in [-0.1, -0.05) is 25.5 Å². The molecule has 3 nitrogen and oxygen atoms in total. The fourth-order valence-corrected chi connectivity index (χ4v) is 4.00. The Kier molecular flexibility index (Phi) is 4.41. The molecule has 1 aliphatic rings. The molecule has 1 aromatic carbocycles. The van der Waals surface area contributed by atoms with Crippen LogP contribution in [0.3, 0.4) is 0 Å². The Morgan fingerprint density at radius 3 is 3.05 bits per heavy atom. The van der Waals surface area contributed by atoms with Crippen molar-refractivity contribution in [2.24, 2.45) is 0 Å². The molecule has 0 bridgehead atoms. The first kappa shape index (κ1) is 13.7. The first-order valence-electron chi connectivity index (χ1n) is 7.45. The molecule has 2 aromatic rings. The van der Waals surface area contributed by atoms with Crippen molar-refractivity contribution in [2.45, 2.75) is 31.4 Å². The second kappa shape index (κ2) is 6.44. The lowest BCUT2D eigenvalue weighted by molar-refractivity contribution is 0.735. The lowest BCUT2D eigenvalue weighted by atomic mass is 10.2. The van der Waals surface area contributed by atoms with Gasteiger partial charge in [0.1, 0.15) is 12.1 Å². The highest BCUT2D eigenvalue weighted by atomic mass is 32.2. The SMILES string of the molecule is CCSC1CCCCN(c2ncnc3ccccc23)C1. The van der Waals surface area contributed by atoms with Gasteiger partial charge in [0.15, 0.2) is 0 Å². The van der Waals surface area contributed by atoms with Gasteiger partial charge in [-0.2, -0.15) is 11.8 Å². The Morgan fingerprint density at radius 1 is 1.25 bits per heavy atom. The molecule has 4 heteroatoms. The number of rotatable bonds is 3. The Labute approximate surface area is 124 Å². The first-order chi connectivity index (χ1) is 9.88. The van der Waals surface area contributed by atoms with Crippen LogP contribution in [-0.4, -0.2) is 34.1 Å². The van der Waals surface area contributed by atoms with Crippen molar-refractivity contribution < 1.29 is 0 Å². The molecule has 106 valence electrons. The quantitative estimate of drug-likeness (QED) is 0.860. The number of aromatic nitrogens is 2. The van der Waals surface area contributed by atoms with E-state index in [1.165, 1.54) is 30.4 Å². The summed E-state index contributed by atoms with van der Waals surface area (Å²) >= 11 is 2.08. The van der Waals surface area contributed by atoms with E-state index >= 15 is 0 Å². The van der Waals surface area contributed by atoms with E-state index in [0.29, 0.717) is 0 Å². The second-order valence-electron chi connectivity index (χ2n) is 5.23. The van der Waals surface area contributed by atoms with E-state index in [9.17, 15) is 0 Å². The topological polar surface area (TPSA) is 29.0 Å². The largest absolute Gasteiger partial charge is 0.355 e. The van der Waals surface area contributed by atoms with Crippen LogP contribution in [0.1, 0.15) is 26.2 Å². The molecule has 1 saturated heterocycles. The molecule has 1 aromatic heterocycles. The number of benzene rings is 1. The third-order valence-corrected chi connectivity index (χ3v) is 5.04. The molecule has 1 fully saturated rings. The van der Waals surface area contributed by atoms with Crippen LogP contribution < -0.4 is 4.90 Å². The van der Waals surface area contributed by atoms with Gasteiger partial charge in [0.25, 0.3) is 0 Å². The van der Waals surface area contributed by atoms with Gasteiger partial charge in [-0.05, 0) is 30.7 Å². The minimum Gasteiger partial charge on any atom is -0.355 e. The highest BCUT2D eigenvalue weighted by Gasteiger charge is 2.20. The highest BCUT2D eigenvalue weighted by Crippen LogP contribution is 2.28. The van der Waals surface area contributed by atoms with Crippen LogP contribution in [0.15, 0.2) is 30.6 Å². The Balaban J connectivity index is 1.92. The Bertz CT molecular complexity index is 567. The smallest absolute Gasteiger partial charge is 0.139 e. The number of thioether (sulfide) groups is 1. The molecule has 0 saturated carbocycles. The summed E-state index contributed by atoms with van der Waals surface area (Å²) in [6.07, 6.45) is 5.62. The molecule has 3 rings (SSSR count). The number of fused-ring (bicyclic) bond motifs is 1. The van der Waals surface area contributed by atoms with E-state index in [1.807, 2.05) is 6.07 Å². The van der Waals surface area contributed by atoms with Crippen molar-refractivity contribution in [1.82, 2.24) is 9.97 Å². The second-order valence-corrected chi connectivity index (χ2v) is 6.81. The van der Waals surface area contributed by atoms with Crippen LogP contribution >= 0.6 is 11.8 Å². The monoisotopic (exact) mass is 287 g/mol. The predicted octanol–water partition coefficient (Wildman–Crippen LogP) is 3.74. The van der Waals surface area contributed by atoms with Gasteiger partial charge in [0.05, 0.1) is 5.52 Å². The molecule has 0 spiro atoms. The molecular formula is C16H21N3S. The van der Waals surface area contributed by atoms with Crippen molar-refractivity contribution in [3.8, 4) is 0 Å². The van der Waals surface area contributed by atoms with Crippen LogP contribution in [0, 0.1) is 0 Å². The summed E-state index contributed by atoms with van der Waals surface area (Å²) in [7, 11) is 0. The lowest BCUT2D eigenvalue weighted by Gasteiger charge is -2.26. The zero-order valence-electron chi connectivity index (χ0n) is 12.0. The van der Waals surface area contributed by atoms with Crippen molar-refractivity contribution in [3.63, 3.8) is 0 Å². The molecule has 1 atom stereocenters. The molecule has 2 heterocycles. The summed E-state index contributed by atoms with van der Waals surface area (Å²) in [5, 5.41) is 1.91. The molecule has 0 aliphatic carbocycles. The average Bonchev–Trinajstić information content (AvgIpc) is 2.73. The van der Waals surface area contributed by atoms with Crippen LogP contribution in [0.25, 0.3) is 10.9 Å². The number of anilines is 1. The number of hydrogen-bond donors (Lipinski definition) is 0. The normalized spacial score (nSPS) is 20.1. The van der Waals surface area contributed by atoms with Crippen LogP contribution in [0.4, 0.5) is 5.82 Å². The highest BCUT2D eigenvalue weighted by molar-refractivity contribution is 7.99. The summed E-state index contributed by atoms with van der Waals surface area (Å²) in [4.78, 5) is 11.4. The summed E-state index contributed by atoms with van der Waals surface area (Å²) in [5.41, 5.74) is 1.04. The first-order valence-corrected chi connectivity index (χ1v) is 8.49. The predicted molar refractivity (Wildman–Crippen MR) is 87.5 cm³/mol. The standard InChI is InChI=1S/C16H21N3S/c1-2-20-13-7-5-6-10-19(11-13)16-14-8-3-4-9-15(14)17-12-18-16/h3-4,8-9,12-13H,2,5-7,10-11H2,1H3. The van der Waals surface area contributed by atoms with Gasteiger partial charge in [-0.3, -0.25) is 0 Å². The third kappa shape index (κ3) is 2.90. The van der Waals surface area contributed by atoms with E-state index in [-0.39, 0.29) is 0 Å². The van der Waals surface area contributed by atoms with Crippen LogP contribution in [-0.2, 0) is 0 Å². The number of nitrogens with zero attached hydrogens (tertiary/aromatic N) is 3. The maximum absolute atomic E-state index is 4.57. The zero-order valence-corrected chi connectivity index (χ0v) is 12.8. The fourth-order valence-electron chi connectivity index (χ4n) is 2.91. The number of para-hydroxylation sites is 1. The fraction of sp³-hybridized carbons (Fsp3) is 0.500. The lowest BCUT2D eigenvalue weighted by Crippen LogP contribution is -2.30. The van der Waals surface area contributed by atoms with Crippen molar-refractivity contribution in [3.05, 3.63) is 30.6 Å². The minimum atomic E-state index is 0.733. The van der Waals surface area contributed by atoms with Crippen molar-refractivity contribution >= 4 is 28.5 Å². The summed E-state index contributed by atoms with van der Waals surface area (Å²) in [6, 6.07) is 8.32. The molecule has 1 unspecified atom stereocenters.